The third-order valence-electron chi connectivity index (χ3n) is 8.06. The Morgan fingerprint density at radius 1 is 0.780 bits per heavy atom. The Labute approximate surface area is 237 Å². The molecular formula is C31H32F5NO3S. The van der Waals surface area contributed by atoms with Gasteiger partial charge in [0.25, 0.3) is 0 Å². The summed E-state index contributed by atoms with van der Waals surface area (Å²) in [6.45, 7) is 0.518. The molecule has 4 nitrogen and oxygen atoms in total. The predicted molar refractivity (Wildman–Crippen MR) is 148 cm³/mol. The van der Waals surface area contributed by atoms with Crippen molar-refractivity contribution in [3.63, 3.8) is 0 Å². The van der Waals surface area contributed by atoms with Crippen LogP contribution in [0.3, 0.4) is 0 Å². The van der Waals surface area contributed by atoms with Gasteiger partial charge in [0.2, 0.25) is 0 Å². The number of aryl methyl sites for hydroxylation is 1. The molecule has 3 aromatic carbocycles. The summed E-state index contributed by atoms with van der Waals surface area (Å²) in [5.41, 5.74) is 4.04. The van der Waals surface area contributed by atoms with E-state index in [1.807, 2.05) is 54.6 Å². The summed E-state index contributed by atoms with van der Waals surface area (Å²) in [7, 11) is -3.31. The van der Waals surface area contributed by atoms with Crippen molar-refractivity contribution in [1.29, 1.82) is 0 Å². The molecule has 0 atom stereocenters. The minimum atomic E-state index is -5.52. The molecule has 1 fully saturated rings. The molecule has 5 rings (SSSR count). The minimum absolute atomic E-state index is 0.00602. The van der Waals surface area contributed by atoms with Gasteiger partial charge in [0.1, 0.15) is 11.4 Å². The third-order valence-corrected chi connectivity index (χ3v) is 9.61. The van der Waals surface area contributed by atoms with Crippen LogP contribution in [0.4, 0.5) is 22.0 Å². The maximum absolute atomic E-state index is 13.3. The normalized spacial score (nSPS) is 17.7. The second-order valence-electron chi connectivity index (χ2n) is 11.1. The Hall–Kier alpha value is -2.98. The second-order valence-corrected chi connectivity index (χ2v) is 13.2. The molecule has 0 saturated carbocycles. The van der Waals surface area contributed by atoms with Gasteiger partial charge in [-0.15, -0.1) is 0 Å². The number of piperidine rings is 1. The van der Waals surface area contributed by atoms with E-state index < -0.39 is 34.0 Å². The number of fused-ring (bicyclic) bond motifs is 1. The van der Waals surface area contributed by atoms with E-state index >= 15 is 0 Å². The molecular weight excluding hydrogens is 561 g/mol. The molecule has 0 N–H and O–H groups in total. The van der Waals surface area contributed by atoms with Crippen LogP contribution in [-0.4, -0.2) is 50.7 Å². The van der Waals surface area contributed by atoms with Crippen molar-refractivity contribution in [1.82, 2.24) is 4.90 Å². The fraction of sp³-hybridized carbons (Fsp3) is 0.419. The number of likely N-dealkylation sites (tertiary alicyclic amines) is 1. The van der Waals surface area contributed by atoms with Gasteiger partial charge in [0.05, 0.1) is 11.5 Å². The topological polar surface area (TPSA) is 46.6 Å². The molecule has 1 saturated heterocycles. The molecule has 0 radical (unpaired) electrons. The maximum atomic E-state index is 13.3. The van der Waals surface area contributed by atoms with E-state index in [0.29, 0.717) is 25.9 Å². The van der Waals surface area contributed by atoms with E-state index in [0.717, 1.165) is 46.4 Å². The minimum Gasteiger partial charge on any atom is -0.487 e. The lowest BCUT2D eigenvalue weighted by Gasteiger charge is -2.45. The van der Waals surface area contributed by atoms with Gasteiger partial charge in [0.15, 0.2) is 9.84 Å². The Morgan fingerprint density at radius 3 is 2.02 bits per heavy atom. The fourth-order valence-corrected chi connectivity index (χ4v) is 7.11. The van der Waals surface area contributed by atoms with Gasteiger partial charge in [-0.05, 0) is 65.6 Å². The summed E-state index contributed by atoms with van der Waals surface area (Å²) >= 11 is 0. The molecule has 3 aromatic rings. The van der Waals surface area contributed by atoms with Crippen molar-refractivity contribution in [2.24, 2.45) is 0 Å². The monoisotopic (exact) mass is 593 g/mol. The number of alkyl halides is 5. The van der Waals surface area contributed by atoms with Crippen molar-refractivity contribution in [2.75, 3.05) is 19.6 Å². The highest BCUT2D eigenvalue weighted by molar-refractivity contribution is 7.89. The average Bonchev–Trinajstić information content (AvgIpc) is 2.92. The summed E-state index contributed by atoms with van der Waals surface area (Å²) in [5, 5.41) is 0. The summed E-state index contributed by atoms with van der Waals surface area (Å²) < 4.78 is 95.8. The Morgan fingerprint density at radius 2 is 1.39 bits per heavy atom. The third kappa shape index (κ3) is 7.09. The van der Waals surface area contributed by atoms with Crippen molar-refractivity contribution < 1.29 is 35.1 Å². The highest BCUT2D eigenvalue weighted by Gasteiger charge is 2.57. The first-order valence-corrected chi connectivity index (χ1v) is 15.5. The molecule has 1 spiro atoms. The van der Waals surface area contributed by atoms with Gasteiger partial charge in [-0.1, -0.05) is 60.7 Å². The molecule has 2 aliphatic rings. The molecule has 220 valence electrons. The SMILES string of the molecule is O=S(=O)(Cc1ccccc1)Cc1ccc(-c2ccc3c(c2)CCC2(CCN(CCC(F)(F)C(F)(F)F)CC2)O3)cc1. The van der Waals surface area contributed by atoms with Crippen LogP contribution in [0.15, 0.2) is 72.8 Å². The van der Waals surface area contributed by atoms with E-state index in [2.05, 4.69) is 6.07 Å². The molecule has 0 unspecified atom stereocenters. The Bertz CT molecular complexity index is 1450. The zero-order chi connectivity index (χ0) is 29.3. The number of hydrogen-bond acceptors (Lipinski definition) is 4. The molecule has 0 bridgehead atoms. The summed E-state index contributed by atoms with van der Waals surface area (Å²) in [4.78, 5) is 1.66. The van der Waals surface area contributed by atoms with Gasteiger partial charge in [-0.3, -0.25) is 0 Å². The number of hydrogen-bond donors (Lipinski definition) is 0. The van der Waals surface area contributed by atoms with E-state index in [4.69, 9.17) is 4.74 Å². The maximum Gasteiger partial charge on any atom is 0.453 e. The number of benzene rings is 3. The lowest BCUT2D eigenvalue weighted by Crippen LogP contribution is -2.50. The first-order valence-electron chi connectivity index (χ1n) is 13.7. The van der Waals surface area contributed by atoms with Crippen LogP contribution in [0.25, 0.3) is 11.1 Å². The molecule has 41 heavy (non-hydrogen) atoms. The predicted octanol–water partition coefficient (Wildman–Crippen LogP) is 7.22. The number of rotatable bonds is 8. The van der Waals surface area contributed by atoms with Crippen molar-refractivity contribution in [3.05, 3.63) is 89.5 Å². The van der Waals surface area contributed by atoms with Crippen LogP contribution in [0, 0.1) is 0 Å². The lowest BCUT2D eigenvalue weighted by atomic mass is 9.82. The van der Waals surface area contributed by atoms with Crippen molar-refractivity contribution in [3.8, 4) is 16.9 Å². The van der Waals surface area contributed by atoms with E-state index in [-0.39, 0.29) is 18.1 Å². The zero-order valence-electron chi connectivity index (χ0n) is 22.5. The van der Waals surface area contributed by atoms with E-state index in [1.54, 1.807) is 17.0 Å². The average molecular weight is 594 g/mol. The van der Waals surface area contributed by atoms with Gasteiger partial charge in [0, 0.05) is 26.1 Å². The first kappa shape index (κ1) is 29.5. The highest BCUT2D eigenvalue weighted by Crippen LogP contribution is 2.42. The van der Waals surface area contributed by atoms with E-state index in [1.165, 1.54) is 0 Å². The van der Waals surface area contributed by atoms with Crippen LogP contribution in [-0.2, 0) is 27.8 Å². The number of halogens is 5. The zero-order valence-corrected chi connectivity index (χ0v) is 23.3. The Balaban J connectivity index is 1.17. The molecule has 2 aliphatic heterocycles. The fourth-order valence-electron chi connectivity index (χ4n) is 5.60. The molecule has 0 aliphatic carbocycles. The molecule has 0 aromatic heterocycles. The second kappa shape index (κ2) is 11.4. The van der Waals surface area contributed by atoms with Crippen molar-refractivity contribution in [2.45, 2.75) is 61.3 Å². The van der Waals surface area contributed by atoms with Crippen LogP contribution < -0.4 is 4.74 Å². The van der Waals surface area contributed by atoms with Crippen LogP contribution in [0.2, 0.25) is 0 Å². The first-order chi connectivity index (χ1) is 19.3. The van der Waals surface area contributed by atoms with Gasteiger partial charge in [-0.2, -0.15) is 22.0 Å². The largest absolute Gasteiger partial charge is 0.487 e. The number of ether oxygens (including phenoxy) is 1. The summed E-state index contributed by atoms with van der Waals surface area (Å²) in [6, 6.07) is 22.5. The number of nitrogens with zero attached hydrogens (tertiary/aromatic N) is 1. The molecule has 0 amide bonds. The standard InChI is InChI=1S/C31H32F5NO3S/c32-30(33,31(34,35)36)16-19-37-17-14-29(15-18-37)13-12-27-20-26(10-11-28(27)40-29)25-8-6-24(7-9-25)22-41(38,39)21-23-4-2-1-3-5-23/h1-11,20H,12-19,21-22H2. The number of sulfone groups is 1. The Kier molecular flexibility index (Phi) is 8.18. The van der Waals surface area contributed by atoms with Crippen LogP contribution in [0.1, 0.15) is 42.4 Å². The van der Waals surface area contributed by atoms with Gasteiger partial charge >= 0.3 is 12.1 Å². The van der Waals surface area contributed by atoms with Crippen molar-refractivity contribution >= 4 is 9.84 Å². The smallest absolute Gasteiger partial charge is 0.453 e. The highest BCUT2D eigenvalue weighted by atomic mass is 32.2. The van der Waals surface area contributed by atoms with E-state index in [9.17, 15) is 30.4 Å². The lowest BCUT2D eigenvalue weighted by molar-refractivity contribution is -0.285. The quantitative estimate of drug-likeness (QED) is 0.259. The van der Waals surface area contributed by atoms with Gasteiger partial charge < -0.3 is 9.64 Å². The van der Waals surface area contributed by atoms with Crippen LogP contribution >= 0.6 is 0 Å². The molecule has 2 heterocycles. The van der Waals surface area contributed by atoms with Crippen LogP contribution in [0.5, 0.6) is 5.75 Å². The van der Waals surface area contributed by atoms with Gasteiger partial charge in [-0.25, -0.2) is 8.42 Å². The molecule has 10 heteroatoms. The summed E-state index contributed by atoms with van der Waals surface area (Å²) in [5.74, 6) is -3.96. The summed E-state index contributed by atoms with van der Waals surface area (Å²) in [6.07, 6.45) is -4.11.